The zero-order chi connectivity index (χ0) is 7.56. The molecule has 4 heteroatoms. The van der Waals surface area contributed by atoms with Crippen molar-refractivity contribution in [2.75, 3.05) is 6.61 Å². The van der Waals surface area contributed by atoms with Crippen LogP contribution in [0.2, 0.25) is 0 Å². The average Bonchev–Trinajstić information content (AvgIpc) is 2.36. The van der Waals surface area contributed by atoms with Crippen LogP contribution in [0, 0.1) is 0 Å². The minimum absolute atomic E-state index is 0.484. The standard InChI is InChI=1S/C6H9FO3/c7-5(6(8)9)4-2-1-3-10-4/h4-5H,1-3H2,(H,8,9). The lowest BCUT2D eigenvalue weighted by molar-refractivity contribution is -0.147. The first kappa shape index (κ1) is 7.47. The topological polar surface area (TPSA) is 46.5 Å². The van der Waals surface area contributed by atoms with Crippen molar-refractivity contribution in [2.24, 2.45) is 0 Å². The maximum atomic E-state index is 12.5. The molecule has 3 nitrogen and oxygen atoms in total. The average molecular weight is 148 g/mol. The van der Waals surface area contributed by atoms with Crippen LogP contribution in [0.1, 0.15) is 12.8 Å². The number of carboxylic acids is 1. The van der Waals surface area contributed by atoms with E-state index in [9.17, 15) is 9.18 Å². The minimum atomic E-state index is -1.84. The van der Waals surface area contributed by atoms with Gasteiger partial charge in [-0.05, 0) is 12.8 Å². The Balaban J connectivity index is 2.39. The normalized spacial score (nSPS) is 28.3. The van der Waals surface area contributed by atoms with Crippen LogP contribution in [-0.2, 0) is 9.53 Å². The van der Waals surface area contributed by atoms with Gasteiger partial charge >= 0.3 is 5.97 Å². The molecule has 0 aromatic heterocycles. The molecule has 1 aliphatic heterocycles. The van der Waals surface area contributed by atoms with Crippen LogP contribution >= 0.6 is 0 Å². The summed E-state index contributed by atoms with van der Waals surface area (Å²) in [6.45, 7) is 0.484. The van der Waals surface area contributed by atoms with Crippen LogP contribution in [0.3, 0.4) is 0 Å². The number of aliphatic carboxylic acids is 1. The molecule has 1 heterocycles. The fourth-order valence-corrected chi connectivity index (χ4v) is 0.992. The first-order valence-electron chi connectivity index (χ1n) is 3.20. The Labute approximate surface area is 57.8 Å². The van der Waals surface area contributed by atoms with Gasteiger partial charge in [-0.1, -0.05) is 0 Å². The molecule has 1 rings (SSSR count). The minimum Gasteiger partial charge on any atom is -0.479 e. The largest absolute Gasteiger partial charge is 0.479 e. The van der Waals surface area contributed by atoms with E-state index in [1.165, 1.54) is 0 Å². The fraction of sp³-hybridized carbons (Fsp3) is 0.833. The van der Waals surface area contributed by atoms with Gasteiger partial charge in [0.05, 0.1) is 6.10 Å². The zero-order valence-corrected chi connectivity index (χ0v) is 5.42. The lowest BCUT2D eigenvalue weighted by Crippen LogP contribution is -2.28. The molecule has 0 aromatic carbocycles. The summed E-state index contributed by atoms with van der Waals surface area (Å²) in [5.41, 5.74) is 0. The number of halogens is 1. The van der Waals surface area contributed by atoms with Gasteiger partial charge in [-0.25, -0.2) is 9.18 Å². The Hall–Kier alpha value is -0.640. The van der Waals surface area contributed by atoms with Gasteiger partial charge in [0.25, 0.3) is 0 Å². The van der Waals surface area contributed by atoms with Crippen molar-refractivity contribution in [2.45, 2.75) is 25.1 Å². The maximum Gasteiger partial charge on any atom is 0.341 e. The highest BCUT2D eigenvalue weighted by atomic mass is 19.1. The number of carboxylic acid groups (broad SMARTS) is 1. The molecule has 58 valence electrons. The van der Waals surface area contributed by atoms with E-state index in [1.54, 1.807) is 0 Å². The molecule has 0 bridgehead atoms. The molecule has 1 saturated heterocycles. The highest BCUT2D eigenvalue weighted by Gasteiger charge is 2.31. The number of carbonyl (C=O) groups is 1. The van der Waals surface area contributed by atoms with Crippen LogP contribution in [-0.4, -0.2) is 30.0 Å². The molecule has 2 atom stereocenters. The third-order valence-corrected chi connectivity index (χ3v) is 1.53. The number of rotatable bonds is 2. The Morgan fingerprint density at radius 2 is 2.50 bits per heavy atom. The molecule has 0 aromatic rings. The Kier molecular flexibility index (Phi) is 2.21. The van der Waals surface area contributed by atoms with Crippen molar-refractivity contribution < 1.29 is 19.0 Å². The molecule has 0 spiro atoms. The summed E-state index contributed by atoms with van der Waals surface area (Å²) in [7, 11) is 0. The second-order valence-corrected chi connectivity index (χ2v) is 2.29. The molecule has 1 fully saturated rings. The summed E-state index contributed by atoms with van der Waals surface area (Å²) in [5.74, 6) is -1.42. The van der Waals surface area contributed by atoms with Gasteiger partial charge in [0.2, 0.25) is 6.17 Å². The van der Waals surface area contributed by atoms with E-state index in [2.05, 4.69) is 0 Å². The third kappa shape index (κ3) is 1.44. The summed E-state index contributed by atoms with van der Waals surface area (Å²) >= 11 is 0. The van der Waals surface area contributed by atoms with Crippen LogP contribution in [0.25, 0.3) is 0 Å². The first-order chi connectivity index (χ1) is 4.72. The molecule has 1 aliphatic rings. The molecule has 0 radical (unpaired) electrons. The summed E-state index contributed by atoms with van der Waals surface area (Å²) in [6, 6.07) is 0. The number of ether oxygens (including phenoxy) is 1. The van der Waals surface area contributed by atoms with Crippen molar-refractivity contribution in [1.82, 2.24) is 0 Å². The lowest BCUT2D eigenvalue weighted by Gasteiger charge is -2.09. The highest BCUT2D eigenvalue weighted by Crippen LogP contribution is 2.17. The summed E-state index contributed by atoms with van der Waals surface area (Å²) in [6.07, 6.45) is -1.27. The smallest absolute Gasteiger partial charge is 0.341 e. The van der Waals surface area contributed by atoms with E-state index in [1.807, 2.05) is 0 Å². The number of hydrogen-bond acceptors (Lipinski definition) is 2. The Bertz CT molecular complexity index is 131. The van der Waals surface area contributed by atoms with E-state index in [0.29, 0.717) is 13.0 Å². The van der Waals surface area contributed by atoms with Gasteiger partial charge in [-0.15, -0.1) is 0 Å². The SMILES string of the molecule is O=C(O)C(F)C1CCCO1. The predicted octanol–water partition coefficient (Wildman–Crippen LogP) is 0.588. The van der Waals surface area contributed by atoms with Crippen molar-refractivity contribution >= 4 is 5.97 Å². The monoisotopic (exact) mass is 148 g/mol. The highest BCUT2D eigenvalue weighted by molar-refractivity contribution is 5.72. The molecule has 10 heavy (non-hydrogen) atoms. The quantitative estimate of drug-likeness (QED) is 0.623. The van der Waals surface area contributed by atoms with Crippen LogP contribution < -0.4 is 0 Å². The molecule has 0 amide bonds. The number of alkyl halides is 1. The van der Waals surface area contributed by atoms with Crippen molar-refractivity contribution in [3.8, 4) is 0 Å². The van der Waals surface area contributed by atoms with E-state index < -0.39 is 18.2 Å². The number of hydrogen-bond donors (Lipinski definition) is 1. The Morgan fingerprint density at radius 3 is 2.90 bits per heavy atom. The van der Waals surface area contributed by atoms with Crippen molar-refractivity contribution in [3.05, 3.63) is 0 Å². The first-order valence-corrected chi connectivity index (χ1v) is 3.20. The van der Waals surface area contributed by atoms with E-state index in [0.717, 1.165) is 6.42 Å². The third-order valence-electron chi connectivity index (χ3n) is 1.53. The van der Waals surface area contributed by atoms with Gasteiger partial charge in [0.1, 0.15) is 0 Å². The maximum absolute atomic E-state index is 12.5. The summed E-state index contributed by atoms with van der Waals surface area (Å²) in [4.78, 5) is 10.0. The van der Waals surface area contributed by atoms with Crippen LogP contribution in [0.5, 0.6) is 0 Å². The van der Waals surface area contributed by atoms with Gasteiger partial charge in [0.15, 0.2) is 0 Å². The van der Waals surface area contributed by atoms with Crippen LogP contribution in [0.15, 0.2) is 0 Å². The molecular formula is C6H9FO3. The second-order valence-electron chi connectivity index (χ2n) is 2.29. The second kappa shape index (κ2) is 2.96. The lowest BCUT2D eigenvalue weighted by atomic mass is 10.1. The Morgan fingerprint density at radius 1 is 1.80 bits per heavy atom. The summed E-state index contributed by atoms with van der Waals surface area (Å²) in [5, 5.41) is 8.19. The van der Waals surface area contributed by atoms with Gasteiger partial charge in [0, 0.05) is 6.61 Å². The van der Waals surface area contributed by atoms with E-state index in [4.69, 9.17) is 9.84 Å². The molecule has 0 saturated carbocycles. The van der Waals surface area contributed by atoms with Gasteiger partial charge in [-0.2, -0.15) is 0 Å². The molecule has 0 aliphatic carbocycles. The molecule has 1 N–H and O–H groups in total. The van der Waals surface area contributed by atoms with E-state index in [-0.39, 0.29) is 0 Å². The van der Waals surface area contributed by atoms with Crippen molar-refractivity contribution in [1.29, 1.82) is 0 Å². The molecule has 2 unspecified atom stereocenters. The summed E-state index contributed by atoms with van der Waals surface area (Å²) < 4.78 is 17.3. The fourth-order valence-electron chi connectivity index (χ4n) is 0.992. The molecular weight excluding hydrogens is 139 g/mol. The van der Waals surface area contributed by atoms with E-state index >= 15 is 0 Å². The van der Waals surface area contributed by atoms with Gasteiger partial charge in [-0.3, -0.25) is 0 Å². The van der Waals surface area contributed by atoms with Crippen molar-refractivity contribution in [3.63, 3.8) is 0 Å². The predicted molar refractivity (Wildman–Crippen MR) is 31.5 cm³/mol. The zero-order valence-electron chi connectivity index (χ0n) is 5.42. The van der Waals surface area contributed by atoms with Crippen LogP contribution in [0.4, 0.5) is 4.39 Å². The van der Waals surface area contributed by atoms with Gasteiger partial charge < -0.3 is 9.84 Å².